The van der Waals surface area contributed by atoms with Crippen LogP contribution >= 0.6 is 0 Å². The third kappa shape index (κ3) is 1.81. The molecule has 0 N–H and O–H groups in total. The van der Waals surface area contributed by atoms with Gasteiger partial charge in [0.05, 0.1) is 0 Å². The van der Waals surface area contributed by atoms with Gasteiger partial charge in [0.2, 0.25) is 0 Å². The zero-order chi connectivity index (χ0) is 3.41. The standard InChI is InChI=1S/C3H3Cl/c1-2-3-4/h4H,1H2/q+1. The Morgan fingerprint density at radius 3 is 2.00 bits per heavy atom. The number of hydrogen-bond acceptors (Lipinski definition) is 0. The Hall–Kier alpha value is -0.190. The van der Waals surface area contributed by atoms with Crippen LogP contribution in [0.25, 0.3) is 0 Å². The molecule has 0 aliphatic rings. The second kappa shape index (κ2) is 2.81. The molecule has 4 heavy (non-hydrogen) atoms. The van der Waals surface area contributed by atoms with E-state index in [1.165, 1.54) is 0 Å². The van der Waals surface area contributed by atoms with Crippen LogP contribution < -0.4 is 0 Å². The molecule has 0 heterocycles. The van der Waals surface area contributed by atoms with Crippen molar-refractivity contribution in [3.05, 3.63) is 17.8 Å². The van der Waals surface area contributed by atoms with Crippen molar-refractivity contribution in [3.8, 4) is 0 Å². The second-order valence-electron chi connectivity index (χ2n) is 0.279. The first-order valence-corrected chi connectivity index (χ1v) is 1.22. The van der Waals surface area contributed by atoms with Gasteiger partial charge < -0.3 is 0 Å². The molecule has 0 aromatic heterocycles. The molecule has 0 saturated heterocycles. The fraction of sp³-hybridized carbons (Fsp3) is 0. The molecule has 0 aliphatic carbocycles. The lowest BCUT2D eigenvalue weighted by Crippen LogP contribution is -1.23. The molecule has 0 bridgehead atoms. The normalized spacial score (nSPS) is 4.25. The summed E-state index contributed by atoms with van der Waals surface area (Å²) < 4.78 is 0. The first-order chi connectivity index (χ1) is 1.91. The summed E-state index contributed by atoms with van der Waals surface area (Å²) in [5.74, 6) is 0. The average molecular weight is 74.5 g/mol. The fourth-order valence-electron chi connectivity index (χ4n) is 0. The Bertz CT molecular complexity index is 41.2. The van der Waals surface area contributed by atoms with Gasteiger partial charge in [0, 0.05) is 0 Å². The summed E-state index contributed by atoms with van der Waals surface area (Å²) in [6.07, 6.45) is 0. The van der Waals surface area contributed by atoms with E-state index in [2.05, 4.69) is 29.4 Å². The molecule has 0 rings (SSSR count). The molecule has 0 aromatic carbocycles. The van der Waals surface area contributed by atoms with Crippen LogP contribution in [0.2, 0.25) is 0 Å². The van der Waals surface area contributed by atoms with Crippen molar-refractivity contribution in [2.75, 3.05) is 0 Å². The lowest BCUT2D eigenvalue weighted by Gasteiger charge is -1.16. The van der Waals surface area contributed by atoms with E-state index in [-0.39, 0.29) is 0 Å². The van der Waals surface area contributed by atoms with Crippen molar-refractivity contribution < 1.29 is 11.6 Å². The van der Waals surface area contributed by atoms with Crippen molar-refractivity contribution in [3.63, 3.8) is 0 Å². The first kappa shape index (κ1) is 3.81. The van der Waals surface area contributed by atoms with Gasteiger partial charge in [-0.1, -0.05) is 12.3 Å². The average Bonchev–Trinajstić information content (AvgIpc) is 1.37. The van der Waals surface area contributed by atoms with Crippen LogP contribution in [0.5, 0.6) is 0 Å². The Morgan fingerprint density at radius 1 is 1.75 bits per heavy atom. The van der Waals surface area contributed by atoms with Crippen LogP contribution in [0.3, 0.4) is 0 Å². The molecule has 0 amide bonds. The van der Waals surface area contributed by atoms with E-state index >= 15 is 0 Å². The highest BCUT2D eigenvalue weighted by Crippen LogP contribution is 1.40. The van der Waals surface area contributed by atoms with Gasteiger partial charge in [-0.2, -0.15) is 0 Å². The van der Waals surface area contributed by atoms with Gasteiger partial charge >= 0.3 is 5.54 Å². The molecule has 0 atom stereocenters. The molecule has 0 spiro atoms. The van der Waals surface area contributed by atoms with Crippen molar-refractivity contribution in [2.45, 2.75) is 0 Å². The lowest BCUT2D eigenvalue weighted by atomic mass is 11.0. The highest BCUT2D eigenvalue weighted by molar-refractivity contribution is 4.50. The van der Waals surface area contributed by atoms with Gasteiger partial charge in [0.1, 0.15) is 0 Å². The van der Waals surface area contributed by atoms with Gasteiger partial charge in [0.25, 0.3) is 0 Å². The van der Waals surface area contributed by atoms with E-state index in [1.807, 2.05) is 0 Å². The summed E-state index contributed by atoms with van der Waals surface area (Å²) in [5.41, 5.74) is 4.40. The molecular weight excluding hydrogens is 71.5 g/mol. The fourth-order valence-corrected chi connectivity index (χ4v) is 0. The molecule has 0 aromatic rings. The minimum absolute atomic E-state index is 2.15. The van der Waals surface area contributed by atoms with Gasteiger partial charge in [0.15, 0.2) is 11.6 Å². The monoisotopic (exact) mass is 74.0 g/mol. The van der Waals surface area contributed by atoms with Crippen molar-refractivity contribution in [2.24, 2.45) is 0 Å². The Kier molecular flexibility index (Phi) is 2.68. The van der Waals surface area contributed by atoms with E-state index in [0.717, 1.165) is 0 Å². The smallest absolute Gasteiger partial charge is 0.0514 e. The molecular formula is C3H3Cl+. The maximum absolute atomic E-state index is 4.13. The molecule has 1 radical (unpaired) electrons. The summed E-state index contributed by atoms with van der Waals surface area (Å²) in [6.45, 7) is 3.14. The molecule has 0 fully saturated rings. The summed E-state index contributed by atoms with van der Waals surface area (Å²) in [6, 6.07) is 0. The van der Waals surface area contributed by atoms with E-state index in [0.29, 0.717) is 0 Å². The quantitative estimate of drug-likeness (QED) is 0.364. The Labute approximate surface area is 30.4 Å². The molecule has 1 heteroatoms. The van der Waals surface area contributed by atoms with Crippen LogP contribution in [0, 0.1) is 17.1 Å². The van der Waals surface area contributed by atoms with Crippen molar-refractivity contribution >= 4 is 0 Å². The molecule has 0 unspecified atom stereocenters. The maximum atomic E-state index is 4.13. The van der Waals surface area contributed by atoms with Gasteiger partial charge in [-0.05, 0) is 0 Å². The molecule has 0 saturated carbocycles. The largest absolute Gasteiger partial charge is 0.340 e. The van der Waals surface area contributed by atoms with Crippen LogP contribution in [0.15, 0.2) is 12.3 Å². The summed E-state index contributed by atoms with van der Waals surface area (Å²) in [5, 5.41) is 0. The lowest BCUT2D eigenvalue weighted by molar-refractivity contribution is -0.294. The van der Waals surface area contributed by atoms with Crippen LogP contribution in [-0.4, -0.2) is 0 Å². The molecule has 0 aliphatic heterocycles. The number of halogens is 1. The highest BCUT2D eigenvalue weighted by Gasteiger charge is 1.50. The third-order valence-electron chi connectivity index (χ3n) is 0.0722. The van der Waals surface area contributed by atoms with Crippen molar-refractivity contribution in [1.29, 1.82) is 0 Å². The molecule has 0 nitrogen and oxygen atoms in total. The van der Waals surface area contributed by atoms with Gasteiger partial charge in [-0.15, -0.1) is 0 Å². The van der Waals surface area contributed by atoms with Crippen molar-refractivity contribution in [1.82, 2.24) is 0 Å². The Balaban J connectivity index is 3.11. The Morgan fingerprint density at radius 2 is 2.00 bits per heavy atom. The SMILES string of the molecule is C=C=[C][ClH+]. The first-order valence-electron chi connectivity index (χ1n) is 0.808. The summed E-state index contributed by atoms with van der Waals surface area (Å²) in [4.78, 5) is 0. The maximum Gasteiger partial charge on any atom is 0.340 e. The van der Waals surface area contributed by atoms with E-state index in [1.54, 1.807) is 0 Å². The predicted octanol–water partition coefficient (Wildman–Crippen LogP) is 0.370. The van der Waals surface area contributed by atoms with Crippen LogP contribution in [-0.2, 0) is 0 Å². The summed E-state index contributed by atoms with van der Waals surface area (Å²) in [7, 11) is 0. The van der Waals surface area contributed by atoms with Crippen LogP contribution in [0.1, 0.15) is 0 Å². The second-order valence-corrected chi connectivity index (χ2v) is 0.483. The minimum atomic E-state index is 2.15. The summed E-state index contributed by atoms with van der Waals surface area (Å²) >= 11 is 4.13. The zero-order valence-electron chi connectivity index (χ0n) is 2.12. The zero-order valence-corrected chi connectivity index (χ0v) is 2.93. The predicted molar refractivity (Wildman–Crippen MR) is 13.8 cm³/mol. The molecule has 21 valence electrons. The minimum Gasteiger partial charge on any atom is -0.0514 e. The van der Waals surface area contributed by atoms with E-state index in [9.17, 15) is 0 Å². The van der Waals surface area contributed by atoms with Gasteiger partial charge in [-0.25, -0.2) is 0 Å². The topological polar surface area (TPSA) is 0 Å². The third-order valence-corrected chi connectivity index (χ3v) is 0.217. The van der Waals surface area contributed by atoms with Gasteiger partial charge in [-0.3, -0.25) is 0 Å². The van der Waals surface area contributed by atoms with E-state index < -0.39 is 0 Å². The van der Waals surface area contributed by atoms with E-state index in [4.69, 9.17) is 0 Å². The van der Waals surface area contributed by atoms with Crippen LogP contribution in [0.4, 0.5) is 0 Å². The number of rotatable bonds is 0. The highest BCUT2D eigenvalue weighted by atomic mass is 35.5. The number of hydrogen-bond donors (Lipinski definition) is 0.